The van der Waals surface area contributed by atoms with Crippen molar-refractivity contribution in [1.82, 2.24) is 5.32 Å². The third-order valence-electron chi connectivity index (χ3n) is 7.02. The molecule has 0 unspecified atom stereocenters. The monoisotopic (exact) mass is 501 g/mol. The van der Waals surface area contributed by atoms with E-state index in [0.29, 0.717) is 28.7 Å². The third-order valence-corrected chi connectivity index (χ3v) is 7.33. The number of anilines is 2. The molecule has 0 spiro atoms. The summed E-state index contributed by atoms with van der Waals surface area (Å²) >= 11 is 6.89. The van der Waals surface area contributed by atoms with Crippen LogP contribution in [-0.2, 0) is 0 Å². The molecule has 2 heterocycles. The van der Waals surface area contributed by atoms with Crippen LogP contribution in [0.2, 0.25) is 0 Å². The van der Waals surface area contributed by atoms with Crippen molar-refractivity contribution < 1.29 is 0 Å². The molecule has 0 aromatic heterocycles. The molecule has 0 saturated carbocycles. The minimum absolute atomic E-state index is 0.381. The Bertz CT molecular complexity index is 1120. The van der Waals surface area contributed by atoms with Gasteiger partial charge in [-0.3, -0.25) is 9.80 Å². The molecule has 2 aromatic carbocycles. The van der Waals surface area contributed by atoms with E-state index >= 15 is 0 Å². The number of hydrogen-bond acceptors (Lipinski definition) is 3. The Morgan fingerprint density at radius 3 is 1.36 bits per heavy atom. The molecule has 190 valence electrons. The highest BCUT2D eigenvalue weighted by Crippen LogP contribution is 2.46. The second kappa shape index (κ2) is 10.6. The van der Waals surface area contributed by atoms with Gasteiger partial charge < -0.3 is 5.32 Å². The van der Waals surface area contributed by atoms with Crippen LogP contribution in [0.5, 0.6) is 0 Å². The average molecular weight is 502 g/mol. The van der Waals surface area contributed by atoms with Crippen LogP contribution in [0, 0.1) is 0 Å². The first-order valence-electron chi connectivity index (χ1n) is 13.2. The van der Waals surface area contributed by atoms with Gasteiger partial charge in [-0.25, -0.2) is 0 Å². The van der Waals surface area contributed by atoms with E-state index in [1.807, 2.05) is 18.4 Å². The first kappa shape index (κ1) is 26.2. The normalized spacial score (nSPS) is 15.8. The highest BCUT2D eigenvalue weighted by molar-refractivity contribution is 6.32. The summed E-state index contributed by atoms with van der Waals surface area (Å²) < 4.78 is 0. The lowest BCUT2D eigenvalue weighted by Gasteiger charge is -2.35. The number of halogens is 1. The van der Waals surface area contributed by atoms with Gasteiger partial charge in [0.25, 0.3) is 0 Å². The minimum Gasteiger partial charge on any atom is -0.357 e. The largest absolute Gasteiger partial charge is 0.357 e. The van der Waals surface area contributed by atoms with Crippen LogP contribution in [0.25, 0.3) is 0 Å². The fraction of sp³-hybridized carbons (Fsp3) is 0.375. The van der Waals surface area contributed by atoms with Gasteiger partial charge in [0.1, 0.15) is 5.82 Å². The van der Waals surface area contributed by atoms with E-state index in [1.54, 1.807) is 0 Å². The van der Waals surface area contributed by atoms with E-state index < -0.39 is 0 Å². The third kappa shape index (κ3) is 4.74. The second-order valence-electron chi connectivity index (χ2n) is 10.9. The Balaban J connectivity index is 2.04. The molecule has 1 N–H and O–H groups in total. The molecular formula is C32H40ClN3. The molecule has 0 radical (unpaired) electrons. The van der Waals surface area contributed by atoms with Crippen LogP contribution < -0.4 is 15.1 Å². The summed E-state index contributed by atoms with van der Waals surface area (Å²) in [6.45, 7) is 18.2. The van der Waals surface area contributed by atoms with Crippen molar-refractivity contribution >= 4 is 23.0 Å². The zero-order chi connectivity index (χ0) is 26.1. The molecule has 0 bridgehead atoms. The predicted molar refractivity (Wildman–Crippen MR) is 157 cm³/mol. The van der Waals surface area contributed by atoms with Gasteiger partial charge in [0.05, 0.1) is 22.1 Å². The topological polar surface area (TPSA) is 18.5 Å². The molecule has 4 heteroatoms. The van der Waals surface area contributed by atoms with Crippen LogP contribution in [0.4, 0.5) is 11.4 Å². The average Bonchev–Trinajstić information content (AvgIpc) is 3.27. The van der Waals surface area contributed by atoms with E-state index in [0.717, 1.165) is 11.5 Å². The van der Waals surface area contributed by atoms with Crippen molar-refractivity contribution in [3.63, 3.8) is 0 Å². The van der Waals surface area contributed by atoms with Gasteiger partial charge in [-0.1, -0.05) is 103 Å². The molecule has 2 aromatic rings. The Hall–Kier alpha value is -2.91. The molecule has 0 fully saturated rings. The smallest absolute Gasteiger partial charge is 0.147 e. The summed E-state index contributed by atoms with van der Waals surface area (Å²) in [7, 11) is 0. The van der Waals surface area contributed by atoms with Crippen LogP contribution in [-0.4, -0.2) is 0 Å². The van der Waals surface area contributed by atoms with Crippen molar-refractivity contribution in [1.29, 1.82) is 0 Å². The van der Waals surface area contributed by atoms with Gasteiger partial charge in [-0.05, 0) is 58.1 Å². The number of benzene rings is 2. The van der Waals surface area contributed by atoms with E-state index in [4.69, 9.17) is 11.6 Å². The highest BCUT2D eigenvalue weighted by atomic mass is 35.5. The Morgan fingerprint density at radius 1 is 0.639 bits per heavy atom. The van der Waals surface area contributed by atoms with Crippen LogP contribution in [0.3, 0.4) is 0 Å². The Labute approximate surface area is 222 Å². The Morgan fingerprint density at radius 2 is 1.03 bits per heavy atom. The summed E-state index contributed by atoms with van der Waals surface area (Å²) in [6.07, 6.45) is 10.3. The summed E-state index contributed by atoms with van der Waals surface area (Å²) in [4.78, 5) is 4.70. The minimum atomic E-state index is 0.381. The SMILES string of the molecule is CC(C)c1cccc(C(C)C)c1N1C=CN(c2c(C(C)C)cccc2C(C)C)C1=C1NC=CC=C1Cl. The first-order chi connectivity index (χ1) is 17.1. The lowest BCUT2D eigenvalue weighted by molar-refractivity contribution is 0.816. The highest BCUT2D eigenvalue weighted by Gasteiger charge is 2.34. The summed E-state index contributed by atoms with van der Waals surface area (Å²) in [5, 5.41) is 4.18. The maximum absolute atomic E-state index is 6.89. The summed E-state index contributed by atoms with van der Waals surface area (Å²) in [6, 6.07) is 13.4. The van der Waals surface area contributed by atoms with E-state index in [9.17, 15) is 0 Å². The summed E-state index contributed by atoms with van der Waals surface area (Å²) in [5.41, 5.74) is 8.73. The number of rotatable bonds is 6. The fourth-order valence-corrected chi connectivity index (χ4v) is 5.37. The van der Waals surface area contributed by atoms with Gasteiger partial charge in [0, 0.05) is 18.6 Å². The summed E-state index contributed by atoms with van der Waals surface area (Å²) in [5.74, 6) is 2.56. The quantitative estimate of drug-likeness (QED) is 0.425. The zero-order valence-corrected chi connectivity index (χ0v) is 23.7. The number of para-hydroxylation sites is 2. The van der Waals surface area contributed by atoms with Crippen molar-refractivity contribution in [2.75, 3.05) is 9.80 Å². The zero-order valence-electron chi connectivity index (χ0n) is 22.9. The number of dihydropyridines is 1. The molecule has 0 saturated heterocycles. The molecule has 0 atom stereocenters. The molecular weight excluding hydrogens is 462 g/mol. The lowest BCUT2D eigenvalue weighted by Crippen LogP contribution is -2.31. The van der Waals surface area contributed by atoms with Gasteiger partial charge in [-0.15, -0.1) is 0 Å². The number of nitrogens with one attached hydrogen (secondary N) is 1. The van der Waals surface area contributed by atoms with Crippen LogP contribution >= 0.6 is 11.6 Å². The van der Waals surface area contributed by atoms with Crippen LogP contribution in [0.15, 0.2) is 83.7 Å². The maximum Gasteiger partial charge on any atom is 0.147 e. The van der Waals surface area contributed by atoms with Gasteiger partial charge in [-0.2, -0.15) is 0 Å². The van der Waals surface area contributed by atoms with E-state index in [2.05, 4.69) is 119 Å². The van der Waals surface area contributed by atoms with E-state index in [-0.39, 0.29) is 0 Å². The van der Waals surface area contributed by atoms with Crippen molar-refractivity contribution in [3.8, 4) is 0 Å². The first-order valence-corrected chi connectivity index (χ1v) is 13.6. The molecule has 0 amide bonds. The molecule has 0 aliphatic carbocycles. The standard InChI is InChI=1S/C32H40ClN3/c1-20(2)24-12-9-13-25(21(3)4)30(24)35-18-19-36(32(35)29-28(33)16-11-17-34-29)31-26(22(5)6)14-10-15-27(31)23(7)8/h9-23,34H,1-8H3. The lowest BCUT2D eigenvalue weighted by atomic mass is 9.91. The molecule has 2 aliphatic rings. The predicted octanol–water partition coefficient (Wildman–Crippen LogP) is 9.39. The Kier molecular flexibility index (Phi) is 7.70. The molecule has 2 aliphatic heterocycles. The fourth-order valence-electron chi connectivity index (χ4n) is 5.16. The number of allylic oxidation sites excluding steroid dienone is 3. The van der Waals surface area contributed by atoms with Crippen LogP contribution in [0.1, 0.15) is 101 Å². The van der Waals surface area contributed by atoms with Crippen molar-refractivity contribution in [2.24, 2.45) is 0 Å². The van der Waals surface area contributed by atoms with E-state index in [1.165, 1.54) is 33.6 Å². The molecule has 36 heavy (non-hydrogen) atoms. The van der Waals surface area contributed by atoms with Crippen molar-refractivity contribution in [2.45, 2.75) is 79.1 Å². The van der Waals surface area contributed by atoms with Gasteiger partial charge >= 0.3 is 0 Å². The second-order valence-corrected chi connectivity index (χ2v) is 11.4. The van der Waals surface area contributed by atoms with Crippen molar-refractivity contribution in [3.05, 3.63) is 106 Å². The molecule has 3 nitrogen and oxygen atoms in total. The van der Waals surface area contributed by atoms with Gasteiger partial charge in [0.15, 0.2) is 0 Å². The number of nitrogens with zero attached hydrogens (tertiary/aromatic N) is 2. The van der Waals surface area contributed by atoms with Gasteiger partial charge in [0.2, 0.25) is 0 Å². The number of hydrogen-bond donors (Lipinski definition) is 1. The maximum atomic E-state index is 6.89. The molecule has 4 rings (SSSR count).